The van der Waals surface area contributed by atoms with Crippen LogP contribution in [0.5, 0.6) is 0 Å². The van der Waals surface area contributed by atoms with Gasteiger partial charge in [0.1, 0.15) is 18.0 Å². The predicted octanol–water partition coefficient (Wildman–Crippen LogP) is 1.99. The number of aromatic nitrogens is 1. The van der Waals surface area contributed by atoms with E-state index in [4.69, 9.17) is 9.47 Å². The van der Waals surface area contributed by atoms with Crippen LogP contribution in [0.25, 0.3) is 0 Å². The molecule has 2 aromatic rings. The lowest BCUT2D eigenvalue weighted by Gasteiger charge is -2.42. The monoisotopic (exact) mass is 389 g/mol. The van der Waals surface area contributed by atoms with Crippen molar-refractivity contribution in [3.63, 3.8) is 0 Å². The van der Waals surface area contributed by atoms with E-state index in [0.717, 1.165) is 6.07 Å². The van der Waals surface area contributed by atoms with Gasteiger partial charge >= 0.3 is 0 Å². The number of benzene rings is 1. The molecule has 2 saturated heterocycles. The molecule has 28 heavy (non-hydrogen) atoms. The largest absolute Gasteiger partial charge is 0.377 e. The normalized spacial score (nSPS) is 23.8. The molecular formula is C20H21F2N3O3. The Morgan fingerprint density at radius 2 is 2.04 bits per heavy atom. The number of hydrogen-bond acceptors (Lipinski definition) is 5. The molecule has 1 amide bonds. The van der Waals surface area contributed by atoms with Crippen molar-refractivity contribution in [2.45, 2.75) is 12.1 Å². The lowest BCUT2D eigenvalue weighted by atomic mass is 10.0. The summed E-state index contributed by atoms with van der Waals surface area (Å²) in [6.45, 7) is 2.66. The zero-order chi connectivity index (χ0) is 19.6. The number of ether oxygens (including phenoxy) is 2. The number of anilines is 1. The molecule has 4 rings (SSSR count). The molecule has 148 valence electrons. The Kier molecular flexibility index (Phi) is 5.34. The highest BCUT2D eigenvalue weighted by atomic mass is 19.2. The second-order valence-electron chi connectivity index (χ2n) is 7.15. The Balaban J connectivity index is 1.52. The molecule has 0 aliphatic carbocycles. The molecule has 1 unspecified atom stereocenters. The molecule has 0 radical (unpaired) electrons. The highest BCUT2D eigenvalue weighted by Gasteiger charge is 2.43. The third-order valence-corrected chi connectivity index (χ3v) is 4.99. The number of halogens is 2. The van der Waals surface area contributed by atoms with Crippen molar-refractivity contribution in [3.8, 4) is 0 Å². The lowest BCUT2D eigenvalue weighted by Crippen LogP contribution is -2.60. The van der Waals surface area contributed by atoms with Gasteiger partial charge in [0, 0.05) is 25.8 Å². The first-order valence-corrected chi connectivity index (χ1v) is 9.14. The van der Waals surface area contributed by atoms with Crippen LogP contribution >= 0.6 is 0 Å². The van der Waals surface area contributed by atoms with E-state index in [9.17, 15) is 13.6 Å². The van der Waals surface area contributed by atoms with Crippen molar-refractivity contribution in [3.05, 3.63) is 59.8 Å². The molecule has 0 bridgehead atoms. The molecule has 0 N–H and O–H groups in total. The molecule has 3 heterocycles. The van der Waals surface area contributed by atoms with Crippen LogP contribution in [0.15, 0.2) is 42.6 Å². The van der Waals surface area contributed by atoms with Crippen molar-refractivity contribution in [2.24, 2.45) is 0 Å². The highest BCUT2D eigenvalue weighted by molar-refractivity contribution is 5.94. The van der Waals surface area contributed by atoms with Gasteiger partial charge in [0.05, 0.1) is 19.8 Å². The number of rotatable bonds is 3. The Bertz CT molecular complexity index is 852. The van der Waals surface area contributed by atoms with Crippen molar-refractivity contribution in [1.29, 1.82) is 0 Å². The standard InChI is InChI=1S/C20H21F2N3O3/c21-16-5-4-15(9-17(16)22)10-24-7-8-27-14-20(12-24)13-25(19(26)11-28-20)18-3-1-2-6-23-18/h1-6,9H,7-8,10-14H2. The van der Waals surface area contributed by atoms with E-state index < -0.39 is 17.2 Å². The average molecular weight is 389 g/mol. The first-order chi connectivity index (χ1) is 13.5. The Morgan fingerprint density at radius 3 is 2.82 bits per heavy atom. The summed E-state index contributed by atoms with van der Waals surface area (Å²) >= 11 is 0. The fraction of sp³-hybridized carbons (Fsp3) is 0.400. The van der Waals surface area contributed by atoms with E-state index in [1.54, 1.807) is 29.3 Å². The van der Waals surface area contributed by atoms with Crippen molar-refractivity contribution in [1.82, 2.24) is 9.88 Å². The molecule has 2 aliphatic rings. The molecular weight excluding hydrogens is 368 g/mol. The van der Waals surface area contributed by atoms with Gasteiger partial charge in [0.25, 0.3) is 5.91 Å². The van der Waals surface area contributed by atoms with Crippen LogP contribution in [-0.4, -0.2) is 60.8 Å². The maximum Gasteiger partial charge on any atom is 0.254 e. The minimum atomic E-state index is -0.862. The smallest absolute Gasteiger partial charge is 0.254 e. The summed E-state index contributed by atoms with van der Waals surface area (Å²) < 4.78 is 38.4. The van der Waals surface area contributed by atoms with E-state index in [2.05, 4.69) is 9.88 Å². The Hall–Kier alpha value is -2.42. The number of carbonyl (C=O) groups is 1. The molecule has 2 fully saturated rings. The van der Waals surface area contributed by atoms with Crippen LogP contribution in [0.1, 0.15) is 5.56 Å². The van der Waals surface area contributed by atoms with E-state index in [1.165, 1.54) is 6.07 Å². The van der Waals surface area contributed by atoms with Crippen molar-refractivity contribution < 1.29 is 23.0 Å². The first kappa shape index (κ1) is 18.9. The second kappa shape index (κ2) is 7.90. The highest BCUT2D eigenvalue weighted by Crippen LogP contribution is 2.27. The van der Waals surface area contributed by atoms with Crippen LogP contribution in [0.4, 0.5) is 14.6 Å². The Labute approximate surface area is 161 Å². The average Bonchev–Trinajstić information content (AvgIpc) is 2.90. The summed E-state index contributed by atoms with van der Waals surface area (Å²) in [5, 5.41) is 0. The minimum absolute atomic E-state index is 0.0566. The van der Waals surface area contributed by atoms with Gasteiger partial charge in [-0.05, 0) is 29.8 Å². The summed E-state index contributed by atoms with van der Waals surface area (Å²) in [4.78, 5) is 20.3. The van der Waals surface area contributed by atoms with Gasteiger partial charge in [0.2, 0.25) is 0 Å². The molecule has 8 heteroatoms. The summed E-state index contributed by atoms with van der Waals surface area (Å²) in [7, 11) is 0. The molecule has 0 saturated carbocycles. The van der Waals surface area contributed by atoms with E-state index in [-0.39, 0.29) is 12.5 Å². The van der Waals surface area contributed by atoms with Crippen LogP contribution in [0.2, 0.25) is 0 Å². The number of amides is 1. The number of pyridine rings is 1. The van der Waals surface area contributed by atoms with Crippen LogP contribution in [0.3, 0.4) is 0 Å². The predicted molar refractivity (Wildman–Crippen MR) is 97.7 cm³/mol. The van der Waals surface area contributed by atoms with Crippen LogP contribution in [-0.2, 0) is 20.8 Å². The second-order valence-corrected chi connectivity index (χ2v) is 7.15. The van der Waals surface area contributed by atoms with E-state index >= 15 is 0 Å². The van der Waals surface area contributed by atoms with Crippen molar-refractivity contribution >= 4 is 11.7 Å². The number of carbonyl (C=O) groups excluding carboxylic acids is 1. The molecule has 6 nitrogen and oxygen atoms in total. The minimum Gasteiger partial charge on any atom is -0.377 e. The SMILES string of the molecule is O=C1COC2(COCCN(Cc3ccc(F)c(F)c3)C2)CN1c1ccccn1. The molecule has 1 spiro atoms. The van der Waals surface area contributed by atoms with Gasteiger partial charge in [-0.1, -0.05) is 12.1 Å². The summed E-state index contributed by atoms with van der Waals surface area (Å²) in [6.07, 6.45) is 1.64. The third kappa shape index (κ3) is 4.04. The zero-order valence-electron chi connectivity index (χ0n) is 15.3. The van der Waals surface area contributed by atoms with Gasteiger partial charge in [-0.2, -0.15) is 0 Å². The third-order valence-electron chi connectivity index (χ3n) is 4.99. The van der Waals surface area contributed by atoms with Crippen LogP contribution in [0, 0.1) is 11.6 Å². The van der Waals surface area contributed by atoms with Gasteiger partial charge in [0.15, 0.2) is 11.6 Å². The molecule has 1 atom stereocenters. The quantitative estimate of drug-likeness (QED) is 0.804. The summed E-state index contributed by atoms with van der Waals surface area (Å²) in [5.74, 6) is -1.30. The number of nitrogens with zero attached hydrogens (tertiary/aromatic N) is 3. The zero-order valence-corrected chi connectivity index (χ0v) is 15.3. The maximum atomic E-state index is 13.5. The van der Waals surface area contributed by atoms with Gasteiger partial charge in [-0.25, -0.2) is 13.8 Å². The Morgan fingerprint density at radius 1 is 1.14 bits per heavy atom. The summed E-state index contributed by atoms with van der Waals surface area (Å²) in [5.41, 5.74) is -0.0371. The molecule has 1 aromatic heterocycles. The van der Waals surface area contributed by atoms with E-state index in [1.807, 2.05) is 6.07 Å². The number of morpholine rings is 1. The van der Waals surface area contributed by atoms with Gasteiger partial charge < -0.3 is 9.47 Å². The number of hydrogen-bond donors (Lipinski definition) is 0. The van der Waals surface area contributed by atoms with E-state index in [0.29, 0.717) is 50.8 Å². The first-order valence-electron chi connectivity index (χ1n) is 9.14. The van der Waals surface area contributed by atoms with Gasteiger partial charge in [-0.15, -0.1) is 0 Å². The fourth-order valence-electron chi connectivity index (χ4n) is 3.64. The molecule has 2 aliphatic heterocycles. The lowest BCUT2D eigenvalue weighted by molar-refractivity contribution is -0.146. The van der Waals surface area contributed by atoms with Gasteiger partial charge in [-0.3, -0.25) is 14.6 Å². The fourth-order valence-corrected chi connectivity index (χ4v) is 3.64. The maximum absolute atomic E-state index is 13.5. The van der Waals surface area contributed by atoms with Crippen LogP contribution < -0.4 is 4.90 Å². The topological polar surface area (TPSA) is 54.9 Å². The van der Waals surface area contributed by atoms with Crippen molar-refractivity contribution in [2.75, 3.05) is 44.4 Å². The summed E-state index contributed by atoms with van der Waals surface area (Å²) in [6, 6.07) is 9.32. The molecule has 1 aromatic carbocycles.